The van der Waals surface area contributed by atoms with E-state index in [4.69, 9.17) is 16.3 Å². The highest BCUT2D eigenvalue weighted by Gasteiger charge is 2.55. The number of hydrogen-bond donors (Lipinski definition) is 3. The van der Waals surface area contributed by atoms with Crippen molar-refractivity contribution in [2.24, 2.45) is 11.8 Å². The first kappa shape index (κ1) is 26.9. The smallest absolute Gasteiger partial charge is 0.255 e. The molecule has 2 aromatic rings. The molecule has 2 aliphatic carbocycles. The maximum atomic E-state index is 13.6. The number of fused-ring (bicyclic) bond motifs is 2. The minimum absolute atomic E-state index is 0.00971. The summed E-state index contributed by atoms with van der Waals surface area (Å²) in [5.41, 5.74) is -1.15. The number of aliphatic hydroxyl groups excluding tert-OH is 1. The summed E-state index contributed by atoms with van der Waals surface area (Å²) >= 11 is 6.25. The van der Waals surface area contributed by atoms with E-state index in [-0.39, 0.29) is 59.1 Å². The molecule has 5 atom stereocenters. The number of sulfone groups is 1. The summed E-state index contributed by atoms with van der Waals surface area (Å²) in [6.07, 6.45) is 1.09. The number of rotatable bonds is 8. The molecular weight excluding hydrogens is 516 g/mol. The Morgan fingerprint density at radius 1 is 1.17 bits per heavy atom. The first-order valence-corrected chi connectivity index (χ1v) is 13.6. The summed E-state index contributed by atoms with van der Waals surface area (Å²) in [6, 6.07) is 6.72. The van der Waals surface area contributed by atoms with Crippen LogP contribution in [-0.2, 0) is 14.6 Å². The van der Waals surface area contributed by atoms with Gasteiger partial charge >= 0.3 is 0 Å². The van der Waals surface area contributed by atoms with Crippen molar-refractivity contribution in [3.63, 3.8) is 0 Å². The molecule has 36 heavy (non-hydrogen) atoms. The van der Waals surface area contributed by atoms with Crippen LogP contribution in [0.3, 0.4) is 0 Å². The predicted molar refractivity (Wildman–Crippen MR) is 130 cm³/mol. The zero-order valence-electron chi connectivity index (χ0n) is 19.6. The molecule has 3 N–H and O–H groups in total. The van der Waals surface area contributed by atoms with Gasteiger partial charge in [0.15, 0.2) is 21.5 Å². The number of carbonyl (C=O) groups is 1. The normalized spacial score (nSPS) is 26.6. The van der Waals surface area contributed by atoms with Gasteiger partial charge in [-0.25, -0.2) is 17.2 Å². The van der Waals surface area contributed by atoms with Crippen molar-refractivity contribution in [2.45, 2.75) is 54.5 Å². The molecule has 0 saturated heterocycles. The topological polar surface area (TPSA) is 113 Å². The van der Waals surface area contributed by atoms with Crippen molar-refractivity contribution in [1.29, 1.82) is 0 Å². The van der Waals surface area contributed by atoms with Crippen LogP contribution in [0.1, 0.15) is 43.0 Å². The Balaban J connectivity index is 1.53. The van der Waals surface area contributed by atoms with Crippen LogP contribution in [0, 0.1) is 23.5 Å². The highest BCUT2D eigenvalue weighted by molar-refractivity contribution is 7.92. The van der Waals surface area contributed by atoms with Crippen LogP contribution in [0.5, 0.6) is 0 Å². The number of amides is 1. The van der Waals surface area contributed by atoms with Crippen molar-refractivity contribution in [2.75, 3.05) is 18.5 Å². The van der Waals surface area contributed by atoms with Gasteiger partial charge in [-0.3, -0.25) is 4.79 Å². The number of nitrogens with one attached hydrogen (secondary N) is 1. The molecule has 0 radical (unpaired) electrons. The Morgan fingerprint density at radius 2 is 1.83 bits per heavy atom. The maximum Gasteiger partial charge on any atom is 0.255 e. The Bertz CT molecular complexity index is 1240. The van der Waals surface area contributed by atoms with Crippen LogP contribution in [0.25, 0.3) is 0 Å². The van der Waals surface area contributed by atoms with Gasteiger partial charge in [0.25, 0.3) is 5.91 Å². The van der Waals surface area contributed by atoms with Crippen LogP contribution >= 0.6 is 11.6 Å². The second kappa shape index (κ2) is 10.3. The molecule has 0 heterocycles. The van der Waals surface area contributed by atoms with E-state index in [0.29, 0.717) is 12.8 Å². The van der Waals surface area contributed by atoms with E-state index >= 15 is 0 Å². The quantitative estimate of drug-likeness (QED) is 0.464. The Morgan fingerprint density at radius 3 is 2.44 bits per heavy atom. The van der Waals surface area contributed by atoms with Gasteiger partial charge in [0.2, 0.25) is 0 Å². The van der Waals surface area contributed by atoms with E-state index in [2.05, 4.69) is 5.32 Å². The summed E-state index contributed by atoms with van der Waals surface area (Å²) < 4.78 is 59.3. The van der Waals surface area contributed by atoms with Crippen molar-refractivity contribution < 1.29 is 36.9 Å². The molecule has 2 saturated carbocycles. The van der Waals surface area contributed by atoms with Crippen molar-refractivity contribution in [1.82, 2.24) is 0 Å². The highest BCUT2D eigenvalue weighted by Crippen LogP contribution is 2.52. The average Bonchev–Trinajstić information content (AvgIpc) is 2.98. The van der Waals surface area contributed by atoms with E-state index in [9.17, 15) is 32.2 Å². The minimum atomic E-state index is -3.96. The lowest BCUT2D eigenvalue weighted by Crippen LogP contribution is -2.51. The zero-order chi connectivity index (χ0) is 26.3. The molecule has 0 spiro atoms. The highest BCUT2D eigenvalue weighted by atomic mass is 35.5. The van der Waals surface area contributed by atoms with E-state index in [1.54, 1.807) is 6.92 Å². The molecule has 11 heteroatoms. The maximum absolute atomic E-state index is 13.6. The monoisotopic (exact) mass is 543 g/mol. The van der Waals surface area contributed by atoms with Gasteiger partial charge in [-0.15, -0.1) is 0 Å². The Kier molecular flexibility index (Phi) is 7.73. The predicted octanol–water partition coefficient (Wildman–Crippen LogP) is 3.96. The van der Waals surface area contributed by atoms with Crippen LogP contribution in [0.15, 0.2) is 41.3 Å². The zero-order valence-corrected chi connectivity index (χ0v) is 21.2. The standard InChI is InChI=1S/C25H28ClF2NO6S/c1-14(30)12-35-13-25(32)16-3-4-17(25)10-19(9-16)36(33,34)23-8-15(2-6-20(23)26)24(31)29-18-5-7-21(27)22(28)11-18/h2,5-8,11,14,16-17,19,30,32H,3-4,9-10,12-13H2,1H3,(H,29,31)/t14-,16-,17?,19?,25?/m0/s1. The number of aliphatic hydroxyl groups is 2. The third kappa shape index (κ3) is 5.28. The molecule has 196 valence electrons. The van der Waals surface area contributed by atoms with E-state index in [1.807, 2.05) is 0 Å². The van der Waals surface area contributed by atoms with E-state index < -0.39 is 44.3 Å². The second-order valence-corrected chi connectivity index (χ2v) is 12.3. The largest absolute Gasteiger partial charge is 0.391 e. The summed E-state index contributed by atoms with van der Waals surface area (Å²) in [7, 11) is -3.96. The Hall–Kier alpha value is -2.11. The lowest BCUT2D eigenvalue weighted by atomic mass is 9.75. The van der Waals surface area contributed by atoms with Gasteiger partial charge in [0, 0.05) is 17.3 Å². The number of ether oxygens (including phenoxy) is 1. The van der Waals surface area contributed by atoms with Gasteiger partial charge in [0.1, 0.15) is 0 Å². The fourth-order valence-electron chi connectivity index (χ4n) is 5.31. The van der Waals surface area contributed by atoms with Crippen LogP contribution < -0.4 is 5.32 Å². The number of hydrogen-bond acceptors (Lipinski definition) is 6. The first-order chi connectivity index (χ1) is 16.9. The molecule has 2 fully saturated rings. The Labute approximate surface area is 213 Å². The third-order valence-electron chi connectivity index (χ3n) is 7.18. The number of carbonyl (C=O) groups excluding carboxylic acids is 1. The molecular formula is C25H28ClF2NO6S. The molecule has 1 amide bonds. The fraction of sp³-hybridized carbons (Fsp3) is 0.480. The lowest BCUT2D eigenvalue weighted by molar-refractivity contribution is -0.121. The molecule has 7 nitrogen and oxygen atoms in total. The summed E-state index contributed by atoms with van der Waals surface area (Å²) in [4.78, 5) is 12.5. The summed E-state index contributed by atoms with van der Waals surface area (Å²) in [5.74, 6) is -3.47. The van der Waals surface area contributed by atoms with Gasteiger partial charge in [-0.1, -0.05) is 11.6 Å². The third-order valence-corrected chi connectivity index (χ3v) is 9.84. The molecule has 0 aliphatic heterocycles. The van der Waals surface area contributed by atoms with E-state index in [0.717, 1.165) is 12.1 Å². The lowest BCUT2D eigenvalue weighted by Gasteiger charge is -2.42. The van der Waals surface area contributed by atoms with Gasteiger partial charge < -0.3 is 20.3 Å². The van der Waals surface area contributed by atoms with Crippen LogP contribution in [-0.4, -0.2) is 54.7 Å². The van der Waals surface area contributed by atoms with Crippen molar-refractivity contribution in [3.05, 3.63) is 58.6 Å². The van der Waals surface area contributed by atoms with Crippen LogP contribution in [0.2, 0.25) is 5.02 Å². The molecule has 2 aliphatic rings. The summed E-state index contributed by atoms with van der Waals surface area (Å²) in [5, 5.41) is 22.3. The average molecular weight is 544 g/mol. The number of halogens is 3. The fourth-order valence-corrected chi connectivity index (χ4v) is 7.71. The number of benzene rings is 2. The molecule has 0 aromatic heterocycles. The van der Waals surface area contributed by atoms with Crippen LogP contribution in [0.4, 0.5) is 14.5 Å². The SMILES string of the molecule is C[C@H](O)COCC1(O)C2CC[C@H]1CC(S(=O)(=O)c1cc(C(=O)Nc3ccc(F)c(F)c3)ccc1Cl)C2. The van der Waals surface area contributed by atoms with Gasteiger partial charge in [-0.05, 0) is 74.8 Å². The molecule has 2 aromatic carbocycles. The second-order valence-electron chi connectivity index (χ2n) is 9.69. The minimum Gasteiger partial charge on any atom is -0.391 e. The summed E-state index contributed by atoms with van der Waals surface area (Å²) in [6.45, 7) is 1.69. The van der Waals surface area contributed by atoms with E-state index in [1.165, 1.54) is 24.3 Å². The molecule has 3 unspecified atom stereocenters. The number of anilines is 1. The van der Waals surface area contributed by atoms with Crippen molar-refractivity contribution >= 4 is 33.0 Å². The first-order valence-electron chi connectivity index (χ1n) is 11.7. The molecule has 4 rings (SSSR count). The van der Waals surface area contributed by atoms with Gasteiger partial charge in [0.05, 0.1) is 40.1 Å². The van der Waals surface area contributed by atoms with Gasteiger partial charge in [-0.2, -0.15) is 0 Å². The molecule has 2 bridgehead atoms. The van der Waals surface area contributed by atoms with Crippen molar-refractivity contribution in [3.8, 4) is 0 Å².